The highest BCUT2D eigenvalue weighted by atomic mass is 16.6. The van der Waals surface area contributed by atoms with Crippen molar-refractivity contribution in [1.29, 1.82) is 0 Å². The van der Waals surface area contributed by atoms with Gasteiger partial charge in [-0.05, 0) is 38.9 Å². The summed E-state index contributed by atoms with van der Waals surface area (Å²) in [6, 6.07) is 0.865. The first kappa shape index (κ1) is 12.3. The lowest BCUT2D eigenvalue weighted by atomic mass is 9.98. The third kappa shape index (κ3) is 2.40. The summed E-state index contributed by atoms with van der Waals surface area (Å²) in [5.74, 6) is 0.539. The van der Waals surface area contributed by atoms with Crippen LogP contribution in [0.2, 0.25) is 0 Å². The summed E-state index contributed by atoms with van der Waals surface area (Å²) in [6.07, 6.45) is 1.60. The lowest BCUT2D eigenvalue weighted by Crippen LogP contribution is -2.51. The number of rotatable bonds is 2. The summed E-state index contributed by atoms with van der Waals surface area (Å²) in [5, 5.41) is 9.92. The molecule has 2 aliphatic heterocycles. The minimum atomic E-state index is -0.680. The van der Waals surface area contributed by atoms with Crippen LogP contribution in [-0.2, 0) is 4.74 Å². The Labute approximate surface area is 98.2 Å². The van der Waals surface area contributed by atoms with Gasteiger partial charge in [-0.3, -0.25) is 0 Å². The lowest BCUT2D eigenvalue weighted by molar-refractivity contribution is -0.155. The Morgan fingerprint density at radius 3 is 2.44 bits per heavy atom. The number of hydrogen-bond acceptors (Lipinski definition) is 4. The van der Waals surface area contributed by atoms with E-state index < -0.39 is 6.41 Å². The minimum absolute atomic E-state index is 0.378. The van der Waals surface area contributed by atoms with Gasteiger partial charge in [0, 0.05) is 12.1 Å². The molecule has 2 fully saturated rings. The van der Waals surface area contributed by atoms with Crippen LogP contribution in [0.25, 0.3) is 0 Å². The fraction of sp³-hybridized carbons (Fsp3) is 1.00. The molecule has 4 heteroatoms. The van der Waals surface area contributed by atoms with Crippen LogP contribution in [0.1, 0.15) is 26.7 Å². The van der Waals surface area contributed by atoms with Gasteiger partial charge in [0.05, 0.1) is 6.61 Å². The van der Waals surface area contributed by atoms with Crippen molar-refractivity contribution in [2.24, 2.45) is 5.92 Å². The molecule has 2 saturated heterocycles. The summed E-state index contributed by atoms with van der Waals surface area (Å²) < 4.78 is 5.39. The molecule has 4 nitrogen and oxygen atoms in total. The van der Waals surface area contributed by atoms with E-state index in [1.165, 1.54) is 0 Å². The molecule has 0 aromatic carbocycles. The molecule has 0 aliphatic carbocycles. The van der Waals surface area contributed by atoms with E-state index in [1.807, 2.05) is 0 Å². The van der Waals surface area contributed by atoms with Crippen molar-refractivity contribution in [1.82, 2.24) is 9.80 Å². The lowest BCUT2D eigenvalue weighted by Gasteiger charge is -2.39. The van der Waals surface area contributed by atoms with Gasteiger partial charge < -0.3 is 14.7 Å². The van der Waals surface area contributed by atoms with Crippen molar-refractivity contribution in [3.05, 3.63) is 0 Å². The van der Waals surface area contributed by atoms with Crippen LogP contribution in [0, 0.1) is 5.92 Å². The second kappa shape index (κ2) is 5.00. The van der Waals surface area contributed by atoms with Crippen molar-refractivity contribution < 1.29 is 9.84 Å². The van der Waals surface area contributed by atoms with E-state index >= 15 is 0 Å². The van der Waals surface area contributed by atoms with Crippen LogP contribution in [0.3, 0.4) is 0 Å². The first-order valence-corrected chi connectivity index (χ1v) is 6.35. The fourth-order valence-corrected chi connectivity index (χ4v) is 2.80. The van der Waals surface area contributed by atoms with Crippen molar-refractivity contribution >= 4 is 0 Å². The maximum absolute atomic E-state index is 9.92. The Morgan fingerprint density at radius 2 is 1.88 bits per heavy atom. The monoisotopic (exact) mass is 228 g/mol. The van der Waals surface area contributed by atoms with E-state index in [9.17, 15) is 5.11 Å². The van der Waals surface area contributed by atoms with E-state index in [-0.39, 0.29) is 0 Å². The van der Waals surface area contributed by atoms with Crippen molar-refractivity contribution in [3.8, 4) is 0 Å². The Morgan fingerprint density at radius 1 is 1.25 bits per heavy atom. The summed E-state index contributed by atoms with van der Waals surface area (Å²) in [7, 11) is 2.16. The number of nitrogens with zero attached hydrogens (tertiary/aromatic N) is 2. The van der Waals surface area contributed by atoms with Crippen molar-refractivity contribution in [3.63, 3.8) is 0 Å². The number of ether oxygens (including phenoxy) is 1. The maximum Gasteiger partial charge on any atom is 0.216 e. The highest BCUT2D eigenvalue weighted by molar-refractivity contribution is 4.87. The predicted molar refractivity (Wildman–Crippen MR) is 62.9 cm³/mol. The zero-order valence-corrected chi connectivity index (χ0v) is 10.6. The Kier molecular flexibility index (Phi) is 3.85. The molecule has 0 bridgehead atoms. The highest BCUT2D eigenvalue weighted by Gasteiger charge is 2.40. The first-order chi connectivity index (χ1) is 7.59. The Bertz CT molecular complexity index is 227. The molecule has 0 radical (unpaired) electrons. The molecular weight excluding hydrogens is 204 g/mol. The fourth-order valence-electron chi connectivity index (χ4n) is 2.80. The van der Waals surface area contributed by atoms with Crippen LogP contribution in [-0.4, -0.2) is 60.1 Å². The molecule has 0 aromatic rings. The van der Waals surface area contributed by atoms with Gasteiger partial charge in [0.1, 0.15) is 0 Å². The number of aliphatic hydroxyl groups excluding tert-OH is 1. The zero-order valence-electron chi connectivity index (χ0n) is 10.6. The number of piperidine rings is 1. The molecule has 1 N–H and O–H groups in total. The van der Waals surface area contributed by atoms with E-state index in [1.54, 1.807) is 0 Å². The number of hydrogen-bond donors (Lipinski definition) is 1. The molecule has 0 spiro atoms. The molecule has 2 heterocycles. The molecule has 0 aromatic heterocycles. The Hall–Kier alpha value is -0.160. The normalized spacial score (nSPS) is 35.1. The molecule has 2 rings (SSSR count). The van der Waals surface area contributed by atoms with Crippen LogP contribution in [0.15, 0.2) is 0 Å². The van der Waals surface area contributed by atoms with E-state index in [0.717, 1.165) is 25.9 Å². The van der Waals surface area contributed by atoms with Gasteiger partial charge in [0.15, 0.2) is 0 Å². The van der Waals surface area contributed by atoms with Crippen LogP contribution in [0.4, 0.5) is 0 Å². The topological polar surface area (TPSA) is 35.9 Å². The highest BCUT2D eigenvalue weighted by Crippen LogP contribution is 2.28. The quantitative estimate of drug-likeness (QED) is 0.755. The summed E-state index contributed by atoms with van der Waals surface area (Å²) in [5.41, 5.74) is 0. The molecule has 16 heavy (non-hydrogen) atoms. The van der Waals surface area contributed by atoms with Gasteiger partial charge in [0.2, 0.25) is 6.41 Å². The smallest absolute Gasteiger partial charge is 0.216 e. The third-order valence-electron chi connectivity index (χ3n) is 3.93. The van der Waals surface area contributed by atoms with E-state index in [0.29, 0.717) is 24.6 Å². The largest absolute Gasteiger partial charge is 0.356 e. The second-order valence-electron chi connectivity index (χ2n) is 5.45. The van der Waals surface area contributed by atoms with Crippen molar-refractivity contribution in [2.45, 2.75) is 45.2 Å². The number of aliphatic hydroxyl groups is 1. The zero-order chi connectivity index (χ0) is 11.7. The number of likely N-dealkylation sites (tertiary alicyclic amines) is 1. The van der Waals surface area contributed by atoms with E-state index in [4.69, 9.17) is 4.74 Å². The van der Waals surface area contributed by atoms with Gasteiger partial charge in [0.25, 0.3) is 0 Å². The van der Waals surface area contributed by atoms with Gasteiger partial charge in [-0.25, -0.2) is 4.90 Å². The molecular formula is C12H24N2O2. The average molecular weight is 228 g/mol. The van der Waals surface area contributed by atoms with E-state index in [2.05, 4.69) is 30.7 Å². The second-order valence-corrected chi connectivity index (χ2v) is 5.45. The molecule has 0 saturated carbocycles. The minimum Gasteiger partial charge on any atom is -0.356 e. The standard InChI is InChI=1S/C12H24N2O2/c1-9(2)11-8-16-12(15)14(11)10-4-6-13(3)7-5-10/h9-12,15H,4-8H2,1-3H3/t11-,12?/m1/s1. The van der Waals surface area contributed by atoms with Crippen LogP contribution >= 0.6 is 0 Å². The summed E-state index contributed by atoms with van der Waals surface area (Å²) in [6.45, 7) is 7.32. The molecule has 2 atom stereocenters. The van der Waals surface area contributed by atoms with Gasteiger partial charge in [-0.2, -0.15) is 0 Å². The molecule has 94 valence electrons. The van der Waals surface area contributed by atoms with Gasteiger partial charge >= 0.3 is 0 Å². The van der Waals surface area contributed by atoms with Gasteiger partial charge in [-0.15, -0.1) is 0 Å². The molecule has 2 aliphatic rings. The summed E-state index contributed by atoms with van der Waals surface area (Å²) in [4.78, 5) is 4.54. The average Bonchev–Trinajstić information content (AvgIpc) is 2.62. The maximum atomic E-state index is 9.92. The molecule has 0 amide bonds. The third-order valence-corrected chi connectivity index (χ3v) is 3.93. The predicted octanol–water partition coefficient (Wildman–Crippen LogP) is 0.713. The Balaban J connectivity index is 2.00. The first-order valence-electron chi connectivity index (χ1n) is 6.35. The SMILES string of the molecule is CC(C)[C@H]1COC(O)N1C1CCN(C)CC1. The van der Waals surface area contributed by atoms with Crippen molar-refractivity contribution in [2.75, 3.05) is 26.7 Å². The molecule has 1 unspecified atom stereocenters. The van der Waals surface area contributed by atoms with Gasteiger partial charge in [-0.1, -0.05) is 13.8 Å². The summed E-state index contributed by atoms with van der Waals surface area (Å²) >= 11 is 0. The van der Waals surface area contributed by atoms with Crippen LogP contribution in [0.5, 0.6) is 0 Å². The van der Waals surface area contributed by atoms with Crippen LogP contribution < -0.4 is 0 Å².